The summed E-state index contributed by atoms with van der Waals surface area (Å²) in [5.41, 5.74) is -0.320. The Morgan fingerprint density at radius 2 is 1.74 bits per heavy atom. The van der Waals surface area contributed by atoms with Crippen LogP contribution in [0.25, 0.3) is 10.8 Å². The number of benzene rings is 2. The van der Waals surface area contributed by atoms with Crippen LogP contribution in [0.15, 0.2) is 24.3 Å². The summed E-state index contributed by atoms with van der Waals surface area (Å²) >= 11 is 5.38. The molecule has 0 fully saturated rings. The third-order valence-corrected chi connectivity index (χ3v) is 3.54. The van der Waals surface area contributed by atoms with Crippen LogP contribution in [0.1, 0.15) is 26.3 Å². The van der Waals surface area contributed by atoms with Crippen molar-refractivity contribution >= 4 is 40.2 Å². The molecule has 0 atom stereocenters. The molecule has 0 radical (unpaired) electrons. The Balaban J connectivity index is 2.74. The zero-order chi connectivity index (χ0) is 17.1. The third-order valence-electron chi connectivity index (χ3n) is 3.29. The van der Waals surface area contributed by atoms with Crippen molar-refractivity contribution in [2.75, 3.05) is 5.88 Å². The van der Waals surface area contributed by atoms with Gasteiger partial charge in [-0.15, -0.1) is 11.6 Å². The standard InChI is InChI=1S/C15H12ClNO6/c16-5-12(19)17-6-10-7-2-1-3-8(14(20)21)13(7)9(15(22)23)4-11(10)18/h1-4,18H,5-6H2,(H,17,19)(H,20,21)(H,22,23). The first kappa shape index (κ1) is 16.6. The normalized spacial score (nSPS) is 10.5. The van der Waals surface area contributed by atoms with Gasteiger partial charge in [0.1, 0.15) is 11.6 Å². The van der Waals surface area contributed by atoms with Crippen molar-refractivity contribution in [2.24, 2.45) is 0 Å². The topological polar surface area (TPSA) is 124 Å². The lowest BCUT2D eigenvalue weighted by Gasteiger charge is -2.14. The number of rotatable bonds is 5. The fourth-order valence-corrected chi connectivity index (χ4v) is 2.39. The van der Waals surface area contributed by atoms with Gasteiger partial charge in [0.05, 0.1) is 11.1 Å². The van der Waals surface area contributed by atoms with E-state index in [2.05, 4.69) is 5.32 Å². The molecule has 0 aliphatic heterocycles. The van der Waals surface area contributed by atoms with E-state index >= 15 is 0 Å². The monoisotopic (exact) mass is 337 g/mol. The number of carbonyl (C=O) groups is 3. The maximum absolute atomic E-state index is 11.4. The number of aromatic carboxylic acids is 2. The van der Waals surface area contributed by atoms with E-state index in [1.54, 1.807) is 0 Å². The van der Waals surface area contributed by atoms with E-state index in [9.17, 15) is 29.7 Å². The Labute approximate surface area is 135 Å². The number of phenolic OH excluding ortho intramolecular Hbond substituents is 1. The van der Waals surface area contributed by atoms with Crippen LogP contribution < -0.4 is 5.32 Å². The molecule has 0 saturated heterocycles. The lowest BCUT2D eigenvalue weighted by atomic mass is 9.94. The van der Waals surface area contributed by atoms with Gasteiger partial charge < -0.3 is 20.6 Å². The van der Waals surface area contributed by atoms with Gasteiger partial charge in [-0.1, -0.05) is 12.1 Å². The molecule has 2 rings (SSSR count). The van der Waals surface area contributed by atoms with Gasteiger partial charge in [0.2, 0.25) is 5.91 Å². The van der Waals surface area contributed by atoms with Gasteiger partial charge >= 0.3 is 11.9 Å². The number of phenols is 1. The van der Waals surface area contributed by atoms with E-state index in [-0.39, 0.29) is 45.6 Å². The number of carboxylic acids is 2. The molecule has 120 valence electrons. The Morgan fingerprint density at radius 1 is 1.09 bits per heavy atom. The molecule has 0 aliphatic carbocycles. The predicted molar refractivity (Wildman–Crippen MR) is 82.1 cm³/mol. The first-order chi connectivity index (χ1) is 10.9. The van der Waals surface area contributed by atoms with Gasteiger partial charge in [-0.25, -0.2) is 9.59 Å². The van der Waals surface area contributed by atoms with Crippen molar-refractivity contribution in [1.29, 1.82) is 0 Å². The highest BCUT2D eigenvalue weighted by molar-refractivity contribution is 6.27. The number of aromatic hydroxyl groups is 1. The lowest BCUT2D eigenvalue weighted by Crippen LogP contribution is -2.24. The van der Waals surface area contributed by atoms with Crippen LogP contribution in [0.5, 0.6) is 5.75 Å². The summed E-state index contributed by atoms with van der Waals surface area (Å²) in [5.74, 6) is -3.76. The summed E-state index contributed by atoms with van der Waals surface area (Å²) in [6, 6.07) is 5.16. The van der Waals surface area contributed by atoms with E-state index < -0.39 is 17.8 Å². The summed E-state index contributed by atoms with van der Waals surface area (Å²) in [6.45, 7) is -0.114. The zero-order valence-electron chi connectivity index (χ0n) is 11.7. The van der Waals surface area contributed by atoms with Crippen molar-refractivity contribution in [1.82, 2.24) is 5.32 Å². The van der Waals surface area contributed by atoms with Gasteiger partial charge in [-0.05, 0) is 17.5 Å². The first-order valence-electron chi connectivity index (χ1n) is 6.43. The maximum atomic E-state index is 11.4. The quantitative estimate of drug-likeness (QED) is 0.617. The number of hydrogen-bond donors (Lipinski definition) is 4. The molecule has 1 amide bonds. The SMILES string of the molecule is O=C(CCl)NCc1c(O)cc(C(=O)O)c2c(C(=O)O)cccc12. The van der Waals surface area contributed by atoms with Crippen LogP contribution in [0.2, 0.25) is 0 Å². The van der Waals surface area contributed by atoms with Gasteiger partial charge in [-0.2, -0.15) is 0 Å². The molecule has 0 heterocycles. The Kier molecular flexibility index (Phi) is 4.71. The van der Waals surface area contributed by atoms with Gasteiger partial charge in [0.15, 0.2) is 0 Å². The predicted octanol–water partition coefficient (Wildman–Crippen LogP) is 1.80. The van der Waals surface area contributed by atoms with Crippen LogP contribution in [0.4, 0.5) is 0 Å². The smallest absolute Gasteiger partial charge is 0.336 e. The number of alkyl halides is 1. The molecule has 2 aromatic carbocycles. The van der Waals surface area contributed by atoms with E-state index in [1.807, 2.05) is 0 Å². The van der Waals surface area contributed by atoms with Gasteiger partial charge in [-0.3, -0.25) is 4.79 Å². The van der Waals surface area contributed by atoms with E-state index in [0.717, 1.165) is 6.07 Å². The molecule has 4 N–H and O–H groups in total. The molecule has 0 unspecified atom stereocenters. The molecule has 23 heavy (non-hydrogen) atoms. The van der Waals surface area contributed by atoms with Crippen LogP contribution >= 0.6 is 11.6 Å². The molecule has 8 heteroatoms. The second kappa shape index (κ2) is 6.53. The van der Waals surface area contributed by atoms with Crippen LogP contribution in [-0.2, 0) is 11.3 Å². The third kappa shape index (κ3) is 3.19. The summed E-state index contributed by atoms with van der Waals surface area (Å²) < 4.78 is 0. The van der Waals surface area contributed by atoms with Crippen molar-refractivity contribution in [3.05, 3.63) is 41.0 Å². The molecule has 0 saturated carbocycles. The fraction of sp³-hybridized carbons (Fsp3) is 0.133. The van der Waals surface area contributed by atoms with Crippen molar-refractivity contribution in [3.63, 3.8) is 0 Å². The van der Waals surface area contributed by atoms with E-state index in [4.69, 9.17) is 11.6 Å². The molecule has 0 aliphatic rings. The maximum Gasteiger partial charge on any atom is 0.336 e. The molecule has 0 aromatic heterocycles. The Morgan fingerprint density at radius 3 is 2.30 bits per heavy atom. The second-order valence-corrected chi connectivity index (χ2v) is 4.94. The number of nitrogens with one attached hydrogen (secondary N) is 1. The fourth-order valence-electron chi connectivity index (χ4n) is 2.29. The number of hydrogen-bond acceptors (Lipinski definition) is 4. The van der Waals surface area contributed by atoms with E-state index in [0.29, 0.717) is 0 Å². The van der Waals surface area contributed by atoms with Crippen molar-refractivity contribution in [3.8, 4) is 5.75 Å². The number of halogens is 1. The zero-order valence-corrected chi connectivity index (χ0v) is 12.4. The van der Waals surface area contributed by atoms with Crippen molar-refractivity contribution in [2.45, 2.75) is 6.54 Å². The number of carboxylic acid groups (broad SMARTS) is 2. The largest absolute Gasteiger partial charge is 0.508 e. The molecule has 0 bridgehead atoms. The van der Waals surface area contributed by atoms with Crippen LogP contribution in [0.3, 0.4) is 0 Å². The summed E-state index contributed by atoms with van der Waals surface area (Å²) in [5, 5.41) is 31.3. The Bertz CT molecular complexity index is 817. The highest BCUT2D eigenvalue weighted by atomic mass is 35.5. The average Bonchev–Trinajstić information content (AvgIpc) is 2.51. The summed E-state index contributed by atoms with van der Waals surface area (Å²) in [7, 11) is 0. The minimum absolute atomic E-state index is 0.0135. The molecule has 0 spiro atoms. The summed E-state index contributed by atoms with van der Waals surface area (Å²) in [6.07, 6.45) is 0. The van der Waals surface area contributed by atoms with Crippen LogP contribution in [0, 0.1) is 0 Å². The highest BCUT2D eigenvalue weighted by Crippen LogP contribution is 2.33. The first-order valence-corrected chi connectivity index (χ1v) is 6.97. The van der Waals surface area contributed by atoms with Crippen LogP contribution in [-0.4, -0.2) is 39.0 Å². The molecule has 7 nitrogen and oxygen atoms in total. The van der Waals surface area contributed by atoms with E-state index in [1.165, 1.54) is 18.2 Å². The lowest BCUT2D eigenvalue weighted by molar-refractivity contribution is -0.118. The Hall–Kier alpha value is -2.80. The second-order valence-electron chi connectivity index (χ2n) is 4.67. The molecule has 2 aromatic rings. The summed E-state index contributed by atoms with van der Waals surface area (Å²) in [4.78, 5) is 34.0. The van der Waals surface area contributed by atoms with Gasteiger partial charge in [0.25, 0.3) is 0 Å². The molecular weight excluding hydrogens is 326 g/mol. The number of carbonyl (C=O) groups excluding carboxylic acids is 1. The number of amides is 1. The minimum Gasteiger partial charge on any atom is -0.508 e. The molecular formula is C15H12ClNO6. The highest BCUT2D eigenvalue weighted by Gasteiger charge is 2.21. The van der Waals surface area contributed by atoms with Crippen molar-refractivity contribution < 1.29 is 29.7 Å². The van der Waals surface area contributed by atoms with Gasteiger partial charge in [0, 0.05) is 17.5 Å². The average molecular weight is 338 g/mol. The number of fused-ring (bicyclic) bond motifs is 1. The minimum atomic E-state index is -1.37.